The lowest BCUT2D eigenvalue weighted by Crippen LogP contribution is -1.98. The van der Waals surface area contributed by atoms with E-state index in [-0.39, 0.29) is 5.56 Å². The van der Waals surface area contributed by atoms with Crippen LogP contribution in [-0.4, -0.2) is 17.7 Å². The van der Waals surface area contributed by atoms with Crippen molar-refractivity contribution in [2.45, 2.75) is 20.0 Å². The van der Waals surface area contributed by atoms with Crippen LogP contribution in [0.1, 0.15) is 27.4 Å². The third-order valence-electron chi connectivity index (χ3n) is 2.82. The van der Waals surface area contributed by atoms with Gasteiger partial charge in [-0.05, 0) is 25.0 Å². The van der Waals surface area contributed by atoms with Crippen molar-refractivity contribution >= 4 is 5.97 Å². The fourth-order valence-electron chi connectivity index (χ4n) is 1.83. The first-order valence-corrected chi connectivity index (χ1v) is 6.11. The van der Waals surface area contributed by atoms with Gasteiger partial charge in [-0.25, -0.2) is 4.79 Å². The molecule has 0 aliphatic heterocycles. The first-order chi connectivity index (χ1) is 9.16. The largest absolute Gasteiger partial charge is 0.478 e. The number of carboxylic acid groups (broad SMARTS) is 1. The molecule has 1 N–H and O–H groups in total. The zero-order valence-electron chi connectivity index (χ0n) is 10.8. The van der Waals surface area contributed by atoms with Crippen LogP contribution in [0.2, 0.25) is 0 Å². The van der Waals surface area contributed by atoms with E-state index in [1.165, 1.54) is 11.6 Å². The van der Waals surface area contributed by atoms with Gasteiger partial charge in [0.1, 0.15) is 23.7 Å². The summed E-state index contributed by atoms with van der Waals surface area (Å²) in [4.78, 5) is 10.8. The fourth-order valence-corrected chi connectivity index (χ4v) is 1.83. The lowest BCUT2D eigenvalue weighted by atomic mass is 10.2. The van der Waals surface area contributed by atoms with Crippen molar-refractivity contribution in [1.29, 1.82) is 0 Å². The highest BCUT2D eigenvalue weighted by atomic mass is 16.5. The maximum atomic E-state index is 10.8. The van der Waals surface area contributed by atoms with Gasteiger partial charge in [-0.2, -0.15) is 0 Å². The molecule has 0 fully saturated rings. The molecule has 1 aromatic heterocycles. The summed E-state index contributed by atoms with van der Waals surface area (Å²) in [5.74, 6) is -0.0195. The van der Waals surface area contributed by atoms with Crippen molar-refractivity contribution in [2.24, 2.45) is 0 Å². The van der Waals surface area contributed by atoms with Gasteiger partial charge in [-0.3, -0.25) is 0 Å². The zero-order chi connectivity index (χ0) is 13.7. The molecular formula is C15H16O4. The lowest BCUT2D eigenvalue weighted by molar-refractivity contribution is 0.0695. The highest BCUT2D eigenvalue weighted by Gasteiger charge is 2.13. The third kappa shape index (κ3) is 3.69. The van der Waals surface area contributed by atoms with Crippen LogP contribution in [0.15, 0.2) is 40.8 Å². The molecule has 0 radical (unpaired) electrons. The number of carbonyl (C=O) groups is 1. The lowest BCUT2D eigenvalue weighted by Gasteiger charge is -2.02. The standard InChI is InChI=1S/C15H16O4/c1-11-14(15(16)17)9-13(19-11)10-18-8-7-12-5-3-2-4-6-12/h2-6,9H,7-8,10H2,1H3,(H,16,17). The topological polar surface area (TPSA) is 59.7 Å². The van der Waals surface area contributed by atoms with Crippen molar-refractivity contribution < 1.29 is 19.1 Å². The van der Waals surface area contributed by atoms with Gasteiger partial charge in [0.2, 0.25) is 0 Å². The first-order valence-electron chi connectivity index (χ1n) is 6.11. The minimum absolute atomic E-state index is 0.196. The van der Waals surface area contributed by atoms with Gasteiger partial charge in [0.25, 0.3) is 0 Å². The number of hydrogen-bond donors (Lipinski definition) is 1. The van der Waals surface area contributed by atoms with Gasteiger partial charge < -0.3 is 14.3 Å². The fraction of sp³-hybridized carbons (Fsp3) is 0.267. The van der Waals surface area contributed by atoms with Gasteiger partial charge >= 0.3 is 5.97 Å². The van der Waals surface area contributed by atoms with Gasteiger partial charge in [0, 0.05) is 0 Å². The number of aromatic carboxylic acids is 1. The third-order valence-corrected chi connectivity index (χ3v) is 2.82. The summed E-state index contributed by atoms with van der Waals surface area (Å²) in [5.41, 5.74) is 1.41. The van der Waals surface area contributed by atoms with E-state index in [0.29, 0.717) is 24.7 Å². The summed E-state index contributed by atoms with van der Waals surface area (Å²) in [6, 6.07) is 11.6. The Morgan fingerprint density at radius 2 is 2.05 bits per heavy atom. The van der Waals surface area contributed by atoms with Crippen LogP contribution in [0.4, 0.5) is 0 Å². The van der Waals surface area contributed by atoms with E-state index in [1.54, 1.807) is 6.92 Å². The van der Waals surface area contributed by atoms with E-state index in [4.69, 9.17) is 14.3 Å². The molecule has 4 nitrogen and oxygen atoms in total. The Balaban J connectivity index is 1.80. The van der Waals surface area contributed by atoms with E-state index < -0.39 is 5.97 Å². The summed E-state index contributed by atoms with van der Waals surface area (Å²) in [7, 11) is 0. The van der Waals surface area contributed by atoms with Crippen LogP contribution in [0.3, 0.4) is 0 Å². The first kappa shape index (κ1) is 13.4. The quantitative estimate of drug-likeness (QED) is 0.811. The highest BCUT2D eigenvalue weighted by molar-refractivity contribution is 5.88. The second-order valence-corrected chi connectivity index (χ2v) is 4.28. The Bertz CT molecular complexity index is 543. The monoisotopic (exact) mass is 260 g/mol. The van der Waals surface area contributed by atoms with E-state index in [0.717, 1.165) is 6.42 Å². The van der Waals surface area contributed by atoms with Crippen molar-refractivity contribution in [3.63, 3.8) is 0 Å². The van der Waals surface area contributed by atoms with Crippen LogP contribution in [0.25, 0.3) is 0 Å². The molecule has 0 atom stereocenters. The van der Waals surface area contributed by atoms with Gasteiger partial charge in [0.15, 0.2) is 0 Å². The maximum absolute atomic E-state index is 10.8. The highest BCUT2D eigenvalue weighted by Crippen LogP contribution is 2.15. The van der Waals surface area contributed by atoms with Crippen LogP contribution in [0, 0.1) is 6.92 Å². The number of furan rings is 1. The van der Waals surface area contributed by atoms with Crippen molar-refractivity contribution in [2.75, 3.05) is 6.61 Å². The van der Waals surface area contributed by atoms with Gasteiger partial charge in [-0.1, -0.05) is 30.3 Å². The molecule has 2 aromatic rings. The summed E-state index contributed by atoms with van der Waals surface area (Å²) in [6.07, 6.45) is 0.826. The SMILES string of the molecule is Cc1oc(COCCc2ccccc2)cc1C(=O)O. The summed E-state index contributed by atoms with van der Waals surface area (Å²) in [6.45, 7) is 2.50. The maximum Gasteiger partial charge on any atom is 0.339 e. The predicted octanol–water partition coefficient (Wildman–Crippen LogP) is 3.05. The summed E-state index contributed by atoms with van der Waals surface area (Å²) in [5, 5.41) is 8.90. The Morgan fingerprint density at radius 3 is 2.68 bits per heavy atom. The average Bonchev–Trinajstić information content (AvgIpc) is 2.77. The molecule has 0 saturated heterocycles. The molecule has 0 unspecified atom stereocenters. The number of ether oxygens (including phenoxy) is 1. The molecule has 0 amide bonds. The van der Waals surface area contributed by atoms with Crippen LogP contribution < -0.4 is 0 Å². The smallest absolute Gasteiger partial charge is 0.339 e. The average molecular weight is 260 g/mol. The van der Waals surface area contributed by atoms with E-state index in [2.05, 4.69) is 0 Å². The van der Waals surface area contributed by atoms with Crippen molar-refractivity contribution in [1.82, 2.24) is 0 Å². The molecule has 19 heavy (non-hydrogen) atoms. The number of hydrogen-bond acceptors (Lipinski definition) is 3. The molecule has 4 heteroatoms. The Labute approximate surface area is 111 Å². The molecule has 2 rings (SSSR count). The second kappa shape index (κ2) is 6.20. The minimum Gasteiger partial charge on any atom is -0.478 e. The van der Waals surface area contributed by atoms with Crippen LogP contribution in [-0.2, 0) is 17.8 Å². The van der Waals surface area contributed by atoms with E-state index in [1.807, 2.05) is 30.3 Å². The molecule has 0 bridgehead atoms. The molecular weight excluding hydrogens is 244 g/mol. The summed E-state index contributed by atoms with van der Waals surface area (Å²) < 4.78 is 10.8. The number of benzene rings is 1. The molecule has 0 aliphatic rings. The van der Waals surface area contributed by atoms with Gasteiger partial charge in [-0.15, -0.1) is 0 Å². The Morgan fingerprint density at radius 1 is 1.32 bits per heavy atom. The predicted molar refractivity (Wildman–Crippen MR) is 70.2 cm³/mol. The number of rotatable bonds is 6. The molecule has 0 saturated carbocycles. The molecule has 1 aromatic carbocycles. The minimum atomic E-state index is -0.975. The molecule has 0 spiro atoms. The van der Waals surface area contributed by atoms with Crippen molar-refractivity contribution in [3.05, 3.63) is 59.0 Å². The van der Waals surface area contributed by atoms with Crippen LogP contribution >= 0.6 is 0 Å². The Hall–Kier alpha value is -2.07. The normalized spacial score (nSPS) is 10.6. The Kier molecular flexibility index (Phi) is 4.36. The van der Waals surface area contributed by atoms with Crippen LogP contribution in [0.5, 0.6) is 0 Å². The molecule has 100 valence electrons. The van der Waals surface area contributed by atoms with E-state index in [9.17, 15) is 4.79 Å². The van der Waals surface area contributed by atoms with E-state index >= 15 is 0 Å². The summed E-state index contributed by atoms with van der Waals surface area (Å²) >= 11 is 0. The molecule has 0 aliphatic carbocycles. The number of aryl methyl sites for hydroxylation is 1. The molecule has 1 heterocycles. The van der Waals surface area contributed by atoms with Crippen molar-refractivity contribution in [3.8, 4) is 0 Å². The zero-order valence-corrected chi connectivity index (χ0v) is 10.8. The van der Waals surface area contributed by atoms with Gasteiger partial charge in [0.05, 0.1) is 6.61 Å². The number of carboxylic acids is 1. The second-order valence-electron chi connectivity index (χ2n) is 4.28.